The summed E-state index contributed by atoms with van der Waals surface area (Å²) in [5, 5.41) is 3.32. The van der Waals surface area contributed by atoms with Crippen molar-refractivity contribution in [3.8, 4) is 0 Å². The van der Waals surface area contributed by atoms with Crippen molar-refractivity contribution in [3.05, 3.63) is 65.7 Å². The van der Waals surface area contributed by atoms with Crippen molar-refractivity contribution in [2.75, 3.05) is 45.5 Å². The van der Waals surface area contributed by atoms with Crippen molar-refractivity contribution in [1.29, 1.82) is 0 Å². The molecular formula is C33H46N4O5S. The van der Waals surface area contributed by atoms with Crippen LogP contribution in [0, 0.1) is 5.92 Å². The molecule has 0 aliphatic carbocycles. The number of nitrogens with one attached hydrogen (secondary N) is 1. The van der Waals surface area contributed by atoms with Crippen molar-refractivity contribution in [2.45, 2.75) is 69.4 Å². The Morgan fingerprint density at radius 1 is 0.930 bits per heavy atom. The topological polar surface area (TPSA) is 107 Å². The van der Waals surface area contributed by atoms with E-state index in [0.717, 1.165) is 50.0 Å². The Hall–Kier alpha value is -3.24. The Kier molecular flexibility index (Phi) is 11.4. The van der Waals surface area contributed by atoms with E-state index in [4.69, 9.17) is 0 Å². The third-order valence-corrected chi connectivity index (χ3v) is 10.1. The van der Waals surface area contributed by atoms with Gasteiger partial charge in [0, 0.05) is 64.4 Å². The molecule has 10 heteroatoms. The Balaban J connectivity index is 1.28. The standard InChI is InChI=1S/C33H46N4O5S/c1-4-37(32(39)24-26-10-12-30(13-11-26)43(3,41)42)29-16-19-35(20-17-29)21-18-31(27-8-6-5-7-9-27)34-33(40)28-14-22-36(23-15-28)25(2)38/h5-13,28-29,31H,4,14-24H2,1-3H3,(H,34,40). The van der Waals surface area contributed by atoms with Crippen molar-refractivity contribution >= 4 is 27.6 Å². The van der Waals surface area contributed by atoms with E-state index in [1.165, 1.54) is 6.26 Å². The van der Waals surface area contributed by atoms with Crippen molar-refractivity contribution in [3.63, 3.8) is 0 Å². The molecular weight excluding hydrogens is 564 g/mol. The number of rotatable bonds is 11. The van der Waals surface area contributed by atoms with Gasteiger partial charge in [-0.05, 0) is 62.3 Å². The molecule has 234 valence electrons. The zero-order valence-electron chi connectivity index (χ0n) is 25.7. The van der Waals surface area contributed by atoms with Gasteiger partial charge in [0.25, 0.3) is 0 Å². The number of carbonyl (C=O) groups is 3. The zero-order valence-corrected chi connectivity index (χ0v) is 26.5. The molecule has 1 atom stereocenters. The first-order chi connectivity index (χ1) is 20.5. The number of hydrogen-bond acceptors (Lipinski definition) is 6. The molecule has 0 aromatic heterocycles. The lowest BCUT2D eigenvalue weighted by Gasteiger charge is -2.39. The number of amides is 3. The van der Waals surface area contributed by atoms with Crippen LogP contribution < -0.4 is 5.32 Å². The SMILES string of the molecule is CCN(C(=O)Cc1ccc(S(C)(=O)=O)cc1)C1CCN(CCC(NC(=O)C2CCN(C(C)=O)CC2)c2ccccc2)CC1. The maximum absolute atomic E-state index is 13.2. The highest BCUT2D eigenvalue weighted by atomic mass is 32.2. The summed E-state index contributed by atoms with van der Waals surface area (Å²) in [6, 6.07) is 16.8. The Morgan fingerprint density at radius 3 is 2.12 bits per heavy atom. The zero-order chi connectivity index (χ0) is 31.0. The molecule has 1 unspecified atom stereocenters. The number of nitrogens with zero attached hydrogens (tertiary/aromatic N) is 3. The lowest BCUT2D eigenvalue weighted by atomic mass is 9.94. The largest absolute Gasteiger partial charge is 0.349 e. The summed E-state index contributed by atoms with van der Waals surface area (Å²) in [4.78, 5) is 44.6. The molecule has 2 aromatic rings. The first-order valence-electron chi connectivity index (χ1n) is 15.5. The van der Waals surface area contributed by atoms with Gasteiger partial charge in [-0.3, -0.25) is 14.4 Å². The summed E-state index contributed by atoms with van der Waals surface area (Å²) in [6.45, 7) is 8.11. The van der Waals surface area contributed by atoms with Gasteiger partial charge in [0.2, 0.25) is 17.7 Å². The van der Waals surface area contributed by atoms with Gasteiger partial charge in [-0.15, -0.1) is 0 Å². The highest BCUT2D eigenvalue weighted by molar-refractivity contribution is 7.90. The van der Waals surface area contributed by atoms with Crippen LogP contribution in [-0.4, -0.2) is 92.4 Å². The Morgan fingerprint density at radius 2 is 1.56 bits per heavy atom. The lowest BCUT2D eigenvalue weighted by molar-refractivity contribution is -0.134. The number of carbonyl (C=O) groups excluding carboxylic acids is 3. The van der Waals surface area contributed by atoms with Gasteiger partial charge >= 0.3 is 0 Å². The fourth-order valence-electron chi connectivity index (χ4n) is 6.29. The Bertz CT molecular complexity index is 1330. The molecule has 43 heavy (non-hydrogen) atoms. The van der Waals surface area contributed by atoms with Crippen LogP contribution in [-0.2, 0) is 30.6 Å². The summed E-state index contributed by atoms with van der Waals surface area (Å²) < 4.78 is 23.5. The third-order valence-electron chi connectivity index (χ3n) is 8.93. The van der Waals surface area contributed by atoms with Crippen LogP contribution >= 0.6 is 0 Å². The second-order valence-corrected chi connectivity index (χ2v) is 13.9. The molecule has 4 rings (SSSR count). The molecule has 2 saturated heterocycles. The minimum Gasteiger partial charge on any atom is -0.349 e. The molecule has 3 amide bonds. The number of hydrogen-bond donors (Lipinski definition) is 1. The van der Waals surface area contributed by atoms with E-state index < -0.39 is 9.84 Å². The van der Waals surface area contributed by atoms with Crippen LogP contribution in [0.1, 0.15) is 63.1 Å². The summed E-state index contributed by atoms with van der Waals surface area (Å²) in [6.07, 6.45) is 5.40. The molecule has 0 bridgehead atoms. The number of likely N-dealkylation sites (tertiary alicyclic amines) is 2. The van der Waals surface area contributed by atoms with Crippen LogP contribution in [0.3, 0.4) is 0 Å². The van der Waals surface area contributed by atoms with E-state index >= 15 is 0 Å². The van der Waals surface area contributed by atoms with Crippen LogP contribution in [0.15, 0.2) is 59.5 Å². The van der Waals surface area contributed by atoms with Gasteiger partial charge in [0.05, 0.1) is 17.4 Å². The summed E-state index contributed by atoms with van der Waals surface area (Å²) >= 11 is 0. The van der Waals surface area contributed by atoms with Crippen LogP contribution in [0.5, 0.6) is 0 Å². The number of sulfone groups is 1. The average Bonchev–Trinajstić information content (AvgIpc) is 3.00. The molecule has 0 saturated carbocycles. The number of likely N-dealkylation sites (N-methyl/N-ethyl adjacent to an activating group) is 1. The minimum absolute atomic E-state index is 0.0639. The van der Waals surface area contributed by atoms with Gasteiger partial charge in [-0.25, -0.2) is 8.42 Å². The van der Waals surface area contributed by atoms with Gasteiger partial charge < -0.3 is 20.0 Å². The summed E-state index contributed by atoms with van der Waals surface area (Å²) in [5.41, 5.74) is 1.91. The predicted molar refractivity (Wildman–Crippen MR) is 167 cm³/mol. The quantitative estimate of drug-likeness (QED) is 0.418. The summed E-state index contributed by atoms with van der Waals surface area (Å²) in [5.74, 6) is 0.123. The molecule has 2 fully saturated rings. The van der Waals surface area contributed by atoms with Crippen LogP contribution in [0.4, 0.5) is 0 Å². The van der Waals surface area contributed by atoms with Crippen LogP contribution in [0.2, 0.25) is 0 Å². The lowest BCUT2D eigenvalue weighted by Crippen LogP contribution is -2.48. The highest BCUT2D eigenvalue weighted by Crippen LogP contribution is 2.24. The van der Waals surface area contributed by atoms with E-state index in [1.807, 2.05) is 34.9 Å². The van der Waals surface area contributed by atoms with E-state index in [9.17, 15) is 22.8 Å². The molecule has 1 N–H and O–H groups in total. The van der Waals surface area contributed by atoms with Gasteiger partial charge in [-0.2, -0.15) is 0 Å². The van der Waals surface area contributed by atoms with Gasteiger partial charge in [0.15, 0.2) is 9.84 Å². The fraction of sp³-hybridized carbons (Fsp3) is 0.545. The molecule has 2 aromatic carbocycles. The molecule has 9 nitrogen and oxygen atoms in total. The highest BCUT2D eigenvalue weighted by Gasteiger charge is 2.30. The smallest absolute Gasteiger partial charge is 0.227 e. The van der Waals surface area contributed by atoms with Gasteiger partial charge in [0.1, 0.15) is 0 Å². The third kappa shape index (κ3) is 9.13. The normalized spacial score (nSPS) is 17.8. The van der Waals surface area contributed by atoms with E-state index in [1.54, 1.807) is 31.2 Å². The number of benzene rings is 2. The molecule has 2 heterocycles. The second kappa shape index (κ2) is 15.0. The molecule has 0 spiro atoms. The maximum Gasteiger partial charge on any atom is 0.227 e. The van der Waals surface area contributed by atoms with Crippen molar-refractivity contribution in [2.24, 2.45) is 5.92 Å². The first-order valence-corrected chi connectivity index (χ1v) is 17.4. The minimum atomic E-state index is -3.27. The molecule has 2 aliphatic rings. The van der Waals surface area contributed by atoms with E-state index in [-0.39, 0.29) is 47.0 Å². The van der Waals surface area contributed by atoms with Gasteiger partial charge in [-0.1, -0.05) is 42.5 Å². The average molecular weight is 611 g/mol. The molecule has 0 radical (unpaired) electrons. The summed E-state index contributed by atoms with van der Waals surface area (Å²) in [7, 11) is -3.27. The molecule has 2 aliphatic heterocycles. The second-order valence-electron chi connectivity index (χ2n) is 11.9. The maximum atomic E-state index is 13.2. The first kappa shape index (κ1) is 32.7. The van der Waals surface area contributed by atoms with E-state index in [2.05, 4.69) is 22.3 Å². The van der Waals surface area contributed by atoms with Crippen LogP contribution in [0.25, 0.3) is 0 Å². The monoisotopic (exact) mass is 610 g/mol. The predicted octanol–water partition coefficient (Wildman–Crippen LogP) is 3.45. The van der Waals surface area contributed by atoms with Crippen molar-refractivity contribution in [1.82, 2.24) is 20.0 Å². The number of piperidine rings is 2. The van der Waals surface area contributed by atoms with E-state index in [0.29, 0.717) is 32.5 Å². The van der Waals surface area contributed by atoms with Crippen molar-refractivity contribution < 1.29 is 22.8 Å². The fourth-order valence-corrected chi connectivity index (χ4v) is 6.92. The Labute approximate surface area is 256 Å².